The van der Waals surface area contributed by atoms with Gasteiger partial charge in [0.1, 0.15) is 35.2 Å². The van der Waals surface area contributed by atoms with Crippen LogP contribution in [0.3, 0.4) is 0 Å². The summed E-state index contributed by atoms with van der Waals surface area (Å²) in [5.74, 6) is 0.409. The van der Waals surface area contributed by atoms with Crippen LogP contribution in [0.25, 0.3) is 32.9 Å². The molecule has 1 saturated carbocycles. The number of aliphatic hydroxyl groups is 1. The Morgan fingerprint density at radius 2 is 1.94 bits per heavy atom. The van der Waals surface area contributed by atoms with Crippen molar-refractivity contribution < 1.29 is 32.8 Å². The predicted molar refractivity (Wildman–Crippen MR) is 181 cm³/mol. The van der Waals surface area contributed by atoms with Gasteiger partial charge in [-0.2, -0.15) is 9.97 Å². The number of hydrogen-bond donors (Lipinski definition) is 1. The molecule has 49 heavy (non-hydrogen) atoms. The second-order valence-electron chi connectivity index (χ2n) is 14.2. The van der Waals surface area contributed by atoms with Gasteiger partial charge in [0.25, 0.3) is 0 Å². The molecule has 3 saturated heterocycles. The van der Waals surface area contributed by atoms with Crippen molar-refractivity contribution in [3.8, 4) is 23.0 Å². The number of aryl methyl sites for hydroxylation is 1. The molecule has 1 aliphatic carbocycles. The predicted octanol–water partition coefficient (Wildman–Crippen LogP) is 5.51. The van der Waals surface area contributed by atoms with Crippen molar-refractivity contribution in [3.05, 3.63) is 47.7 Å². The molecule has 10 nitrogen and oxygen atoms in total. The molecule has 4 fully saturated rings. The summed E-state index contributed by atoms with van der Waals surface area (Å²) in [5, 5.41) is 12.4. The Kier molecular flexibility index (Phi) is 8.54. The maximum absolute atomic E-state index is 17.2. The van der Waals surface area contributed by atoms with Gasteiger partial charge in [0.2, 0.25) is 0 Å². The van der Waals surface area contributed by atoms with Crippen molar-refractivity contribution >= 4 is 27.5 Å². The number of aliphatic hydroxyl groups excluding tert-OH is 1. The highest BCUT2D eigenvalue weighted by molar-refractivity contribution is 6.01. The lowest BCUT2D eigenvalue weighted by Crippen LogP contribution is -2.43. The number of hydrogen-bond acceptors (Lipinski definition) is 10. The molecule has 1 N–H and O–H groups in total. The monoisotopic (exact) mass is 675 g/mol. The van der Waals surface area contributed by atoms with Crippen molar-refractivity contribution in [1.82, 2.24) is 19.9 Å². The molecule has 2 aromatic heterocycles. The first-order chi connectivity index (χ1) is 23.8. The van der Waals surface area contributed by atoms with Crippen molar-refractivity contribution in [2.45, 2.75) is 63.2 Å². The quantitative estimate of drug-likeness (QED) is 0.217. The topological polar surface area (TPSA) is 102 Å². The van der Waals surface area contributed by atoms with Gasteiger partial charge in [-0.15, -0.1) is 0 Å². The molecular formula is C37H43F2N5O5. The van der Waals surface area contributed by atoms with E-state index in [1.54, 1.807) is 31.5 Å². The summed E-state index contributed by atoms with van der Waals surface area (Å²) < 4.78 is 55.4. The lowest BCUT2D eigenvalue weighted by Gasteiger charge is -2.34. The number of piperidine rings is 1. The molecule has 260 valence electrons. The van der Waals surface area contributed by atoms with Crippen LogP contribution in [-0.4, -0.2) is 96.5 Å². The Labute approximate surface area is 284 Å². The fourth-order valence-corrected chi connectivity index (χ4v) is 8.97. The second kappa shape index (κ2) is 12.9. The number of benzene rings is 2. The van der Waals surface area contributed by atoms with Gasteiger partial charge in [0, 0.05) is 51.5 Å². The molecule has 8 rings (SSSR count). The molecule has 0 radical (unpaired) electrons. The Balaban J connectivity index is 1.26. The van der Waals surface area contributed by atoms with Crippen molar-refractivity contribution in [3.63, 3.8) is 0 Å². The van der Waals surface area contributed by atoms with E-state index < -0.39 is 5.82 Å². The first-order valence-electron chi connectivity index (χ1n) is 17.4. The molecule has 4 aliphatic rings. The number of aromatic nitrogens is 3. The summed E-state index contributed by atoms with van der Waals surface area (Å²) in [6.07, 6.45) is 6.40. The smallest absolute Gasteiger partial charge is 0.319 e. The third-order valence-electron chi connectivity index (χ3n) is 11.3. The maximum Gasteiger partial charge on any atom is 0.319 e. The van der Waals surface area contributed by atoms with Gasteiger partial charge in [-0.1, -0.05) is 13.0 Å². The van der Waals surface area contributed by atoms with Gasteiger partial charge in [-0.3, -0.25) is 9.88 Å². The molecule has 12 heteroatoms. The van der Waals surface area contributed by atoms with E-state index in [0.29, 0.717) is 70.9 Å². The molecular weight excluding hydrogens is 632 g/mol. The summed E-state index contributed by atoms with van der Waals surface area (Å²) in [6, 6.07) is 6.66. The third kappa shape index (κ3) is 5.66. The minimum Gasteiger partial charge on any atom is -0.468 e. The highest BCUT2D eigenvalue weighted by Crippen LogP contribution is 2.44. The highest BCUT2D eigenvalue weighted by Gasteiger charge is 2.49. The molecule has 3 aliphatic heterocycles. The van der Waals surface area contributed by atoms with Gasteiger partial charge < -0.3 is 29.0 Å². The van der Waals surface area contributed by atoms with Crippen LogP contribution < -0.4 is 14.4 Å². The zero-order valence-corrected chi connectivity index (χ0v) is 28.3. The lowest BCUT2D eigenvalue weighted by molar-refractivity contribution is 0.0512. The Morgan fingerprint density at radius 1 is 1.06 bits per heavy atom. The summed E-state index contributed by atoms with van der Waals surface area (Å²) >= 11 is 0. The van der Waals surface area contributed by atoms with Crippen LogP contribution in [0, 0.1) is 23.5 Å². The SMILES string of the molecule is CCc1c(F)ccc2cc(OCOC)cc(-c3ncc4c(N5C[C@@H]6C[C@H](C5)[C@H](O)C6)nc(OC[C@@]56CCCN5C[C@H](OC)C6)nc4c3F)c12. The minimum absolute atomic E-state index is 0.00570. The van der Waals surface area contributed by atoms with Crippen LogP contribution in [0.15, 0.2) is 30.5 Å². The zero-order valence-electron chi connectivity index (χ0n) is 28.3. The molecule has 5 atom stereocenters. The number of ether oxygens (including phenoxy) is 4. The fourth-order valence-electron chi connectivity index (χ4n) is 8.97. The van der Waals surface area contributed by atoms with E-state index >= 15 is 8.78 Å². The molecule has 4 aromatic rings. The van der Waals surface area contributed by atoms with Crippen LogP contribution in [0.4, 0.5) is 14.6 Å². The Hall–Kier alpha value is -3.71. The standard InChI is InChI=1S/C37H43F2N5O5/c1-4-26-29(38)7-6-22-12-24(49-20-46-2)13-27(31(22)26)33-32(39)34-28(15-40-33)35(43-16-21-10-23(17-43)30(45)11-21)42-36(41-34)48-19-37-8-5-9-44(37)18-25(14-37)47-3/h6-7,12-13,15,21,23,25,30,45H,4-5,8-11,14,16-20H2,1-3H3/t21-,23-,25-,30-,37+/m1/s1. The van der Waals surface area contributed by atoms with Crippen molar-refractivity contribution in [2.24, 2.45) is 11.8 Å². The third-order valence-corrected chi connectivity index (χ3v) is 11.3. The first kappa shape index (κ1) is 32.5. The number of methoxy groups -OCH3 is 2. The van der Waals surface area contributed by atoms with Crippen LogP contribution in [0.1, 0.15) is 44.6 Å². The summed E-state index contributed by atoms with van der Waals surface area (Å²) in [6.45, 7) is 5.36. The van der Waals surface area contributed by atoms with E-state index in [4.69, 9.17) is 28.9 Å². The van der Waals surface area contributed by atoms with Crippen molar-refractivity contribution in [2.75, 3.05) is 58.7 Å². The van der Waals surface area contributed by atoms with Crippen LogP contribution in [-0.2, 0) is 15.9 Å². The number of nitrogens with zero attached hydrogens (tertiary/aromatic N) is 5. The number of fused-ring (bicyclic) bond motifs is 5. The lowest BCUT2D eigenvalue weighted by atomic mass is 9.94. The number of rotatable bonds is 10. The van der Waals surface area contributed by atoms with Gasteiger partial charge in [-0.25, -0.2) is 8.78 Å². The minimum atomic E-state index is -0.650. The number of halogens is 2. The Bertz CT molecular complexity index is 1890. The zero-order chi connectivity index (χ0) is 33.9. The second-order valence-corrected chi connectivity index (χ2v) is 14.2. The van der Waals surface area contributed by atoms with Gasteiger partial charge in [-0.05, 0) is 85.5 Å². The number of pyridine rings is 1. The van der Waals surface area contributed by atoms with E-state index in [1.807, 2.05) is 6.92 Å². The highest BCUT2D eigenvalue weighted by atomic mass is 19.1. The van der Waals surface area contributed by atoms with Crippen LogP contribution in [0.5, 0.6) is 11.8 Å². The molecule has 2 bridgehead atoms. The molecule has 0 spiro atoms. The molecule has 5 heterocycles. The largest absolute Gasteiger partial charge is 0.468 e. The fraction of sp³-hybridized carbons (Fsp3) is 0.541. The average Bonchev–Trinajstić information content (AvgIpc) is 3.75. The van der Waals surface area contributed by atoms with Gasteiger partial charge in [0.15, 0.2) is 12.6 Å². The van der Waals surface area contributed by atoms with E-state index in [0.717, 1.165) is 45.2 Å². The van der Waals surface area contributed by atoms with E-state index in [1.165, 1.54) is 13.2 Å². The molecule has 0 unspecified atom stereocenters. The van der Waals surface area contributed by atoms with Gasteiger partial charge in [0.05, 0.1) is 23.1 Å². The summed E-state index contributed by atoms with van der Waals surface area (Å²) in [7, 11) is 3.27. The maximum atomic E-state index is 17.2. The van der Waals surface area contributed by atoms with Crippen LogP contribution in [0.2, 0.25) is 0 Å². The molecule has 0 amide bonds. The van der Waals surface area contributed by atoms with E-state index in [-0.39, 0.29) is 53.5 Å². The average molecular weight is 676 g/mol. The first-order valence-corrected chi connectivity index (χ1v) is 17.4. The number of anilines is 1. The summed E-state index contributed by atoms with van der Waals surface area (Å²) in [4.78, 5) is 18.9. The Morgan fingerprint density at radius 3 is 2.73 bits per heavy atom. The molecule has 2 aromatic carbocycles. The van der Waals surface area contributed by atoms with E-state index in [9.17, 15) is 5.11 Å². The van der Waals surface area contributed by atoms with Gasteiger partial charge >= 0.3 is 6.01 Å². The van der Waals surface area contributed by atoms with Crippen molar-refractivity contribution in [1.29, 1.82) is 0 Å². The normalized spacial score (nSPS) is 26.6. The van der Waals surface area contributed by atoms with E-state index in [2.05, 4.69) is 14.8 Å². The summed E-state index contributed by atoms with van der Waals surface area (Å²) in [5.41, 5.74) is 0.796. The van der Waals surface area contributed by atoms with Crippen LogP contribution >= 0.6 is 0 Å².